The highest BCUT2D eigenvalue weighted by atomic mass is 19.3. The van der Waals surface area contributed by atoms with Crippen molar-refractivity contribution in [2.75, 3.05) is 67.5 Å². The number of amides is 4. The third kappa shape index (κ3) is 38.0. The number of aliphatic hydroxyl groups excluding tert-OH is 1. The molecule has 10 N–H and O–H groups in total. The van der Waals surface area contributed by atoms with E-state index in [-0.39, 0.29) is 87.0 Å². The molecule has 0 radical (unpaired) electrons. The third-order valence-corrected chi connectivity index (χ3v) is 18.7. The lowest BCUT2D eigenvalue weighted by molar-refractivity contribution is -0.153. The average molecular weight is 1830 g/mol. The van der Waals surface area contributed by atoms with E-state index in [1.165, 1.54) is 30.9 Å². The fourth-order valence-corrected chi connectivity index (χ4v) is 11.2. The van der Waals surface area contributed by atoms with Gasteiger partial charge >= 0.3 is 11.9 Å². The number of azo groups is 1. The zero-order valence-electron chi connectivity index (χ0n) is 83.7. The number of aryl methyl sites for hydroxylation is 2. The average Bonchev–Trinajstić information content (AvgIpc) is 1.60. The molecule has 131 heavy (non-hydrogen) atoms. The zero-order valence-corrected chi connectivity index (χ0v) is 83.7. The Balaban J connectivity index is 0.000000499. The van der Waals surface area contributed by atoms with E-state index in [2.05, 4.69) is 126 Å². The molecule has 722 valence electrons. The molecule has 10 rings (SSSR count). The number of ether oxygens (including phenoxy) is 1. The van der Waals surface area contributed by atoms with Crippen molar-refractivity contribution in [2.45, 2.75) is 321 Å². The molecule has 8 heterocycles. The van der Waals surface area contributed by atoms with Gasteiger partial charge in [-0.1, -0.05) is 113 Å². The van der Waals surface area contributed by atoms with E-state index in [0.717, 1.165) is 33.9 Å². The number of carbonyl (C=O) groups excluding carboxylic acids is 6. The van der Waals surface area contributed by atoms with Crippen LogP contribution in [0, 0.1) is 162 Å². The second-order valence-corrected chi connectivity index (χ2v) is 43.5. The van der Waals surface area contributed by atoms with Gasteiger partial charge in [-0.2, -0.15) is 19.0 Å². The molecule has 2 aliphatic carbocycles. The first-order valence-corrected chi connectivity index (χ1v) is 43.5. The fourth-order valence-electron chi connectivity index (χ4n) is 11.2. The lowest BCUT2D eigenvalue weighted by Crippen LogP contribution is -2.49. The number of Topliss-reactive ketones (excluding diaryl/α,β-unsaturated/α-hetero) is 1. The molecule has 0 aromatic carbocycles. The summed E-state index contributed by atoms with van der Waals surface area (Å²) in [5.74, 6) is 43.3. The molecule has 0 spiro atoms. The molecular weight excluding hydrogens is 1680 g/mol. The van der Waals surface area contributed by atoms with Gasteiger partial charge in [0.15, 0.2) is 34.4 Å². The maximum absolute atomic E-state index is 13.5. The molecule has 6 aliphatic heterocycles. The summed E-state index contributed by atoms with van der Waals surface area (Å²) >= 11 is 0. The number of likely N-dealkylation sites (tertiary alicyclic amines) is 4. The van der Waals surface area contributed by atoms with E-state index in [1.807, 2.05) is 184 Å². The van der Waals surface area contributed by atoms with Gasteiger partial charge in [-0.25, -0.2) is 14.2 Å². The predicted octanol–water partition coefficient (Wildman–Crippen LogP) is 10.6. The van der Waals surface area contributed by atoms with Crippen LogP contribution >= 0.6 is 0 Å². The van der Waals surface area contributed by atoms with Gasteiger partial charge in [0.05, 0.1) is 44.7 Å². The highest BCUT2D eigenvalue weighted by Crippen LogP contribution is 2.39. The highest BCUT2D eigenvalue weighted by molar-refractivity contribution is 5.94. The van der Waals surface area contributed by atoms with Crippen LogP contribution < -0.4 is 0 Å². The van der Waals surface area contributed by atoms with Gasteiger partial charge in [0.1, 0.15) is 17.6 Å². The summed E-state index contributed by atoms with van der Waals surface area (Å²) in [7, 11) is 5.87. The van der Waals surface area contributed by atoms with Crippen molar-refractivity contribution < 1.29 is 102 Å². The minimum atomic E-state index is -3.53. The Hall–Kier alpha value is -9.85. The van der Waals surface area contributed by atoms with Gasteiger partial charge < -0.3 is 79.8 Å². The Labute approximate surface area is 776 Å². The second kappa shape index (κ2) is 43.9. The first-order valence-electron chi connectivity index (χ1n) is 43.5. The van der Waals surface area contributed by atoms with E-state index in [9.17, 15) is 93.0 Å². The van der Waals surface area contributed by atoms with Crippen molar-refractivity contribution in [3.05, 3.63) is 59.2 Å². The number of carbonyl (C=O) groups is 6. The molecule has 11 atom stereocenters. The van der Waals surface area contributed by atoms with E-state index < -0.39 is 104 Å². The van der Waals surface area contributed by atoms with Gasteiger partial charge in [0, 0.05) is 109 Å². The van der Waals surface area contributed by atoms with Crippen LogP contribution in [-0.4, -0.2) is 241 Å². The van der Waals surface area contributed by atoms with Gasteiger partial charge in [-0.15, -0.1) is 0 Å². The molecule has 5 saturated heterocycles. The van der Waals surface area contributed by atoms with Crippen molar-refractivity contribution in [2.24, 2.45) is 59.0 Å². The van der Waals surface area contributed by atoms with Crippen molar-refractivity contribution in [3.63, 3.8) is 0 Å². The van der Waals surface area contributed by atoms with Crippen LogP contribution in [0.25, 0.3) is 0 Å². The van der Waals surface area contributed by atoms with E-state index in [4.69, 9.17) is 4.42 Å². The van der Waals surface area contributed by atoms with E-state index in [1.54, 1.807) is 67.1 Å². The summed E-state index contributed by atoms with van der Waals surface area (Å²) in [6, 6.07) is 3.92. The number of hydrogen-bond donors (Lipinski definition) is 10. The van der Waals surface area contributed by atoms with Crippen molar-refractivity contribution in [1.82, 2.24) is 29.6 Å². The standard InChI is InChI=1S/C14H17NO.C12H17NO2.C11H15F2NO2.C11H16FNO2.C11H16N2O.C11H17NO3.C11H17NO2.C11H16O2.C10H14O3/c1-13(2,3)8-9-14(16)7-6-11-5-4-10-15-12(11)14;1-9-8-13-10(15-9)12(5,14)7-6-11(2,3)4;1-9(2,3)5-6-10(16)8(15)14(4)7-11(10,12)13;1-10(2,3)5-6-11(15)8(12)7-13(4)9(11)14;1-10(2,3)6-7-11(4,14)9-5-8-12-13-9;1-10(2,3)5-6-11(15)8(13)7-12(4)9(11)14;1-10(2,3)5-6-11(14)7-8-12(4)9(11)13;1-10(2,3)7-8-11(13)6-4-5-9(11)12;1-9(2,3)4-5-10(12)6-7-13-8(10)11/h4-5,10,16H,6-7H2,1-3H3;8,14H,1-5H3;16H,7H2,1-4H3;8,15H,7H2,1-4H3;5,14H,8H2,1-4H3;8,13,15H,7H2,1-4H3;14H,7-8H2,1-4H3;13H,4-6H2,1-3H3;12H,6-7H2,1-3H3. The first kappa shape index (κ1) is 117. The predicted molar refractivity (Wildman–Crippen MR) is 496 cm³/mol. The number of alkyl halides is 3. The number of esters is 1. The van der Waals surface area contributed by atoms with Crippen LogP contribution in [0.5, 0.6) is 0 Å². The summed E-state index contributed by atoms with van der Waals surface area (Å²) < 4.78 is 50.2. The molecule has 8 aliphatic rings. The summed E-state index contributed by atoms with van der Waals surface area (Å²) in [6.45, 7) is 57.4. The number of cyclic esters (lactones) is 1. The summed E-state index contributed by atoms with van der Waals surface area (Å²) in [5, 5.41) is 107. The number of ketones is 1. The SMILES string of the molecule is CC(C)(C)C#CC(C)(O)C1=CCN=N1.CC(C)(C)C#CC1(O)CCCC1=O.CC(C)(C)C#CC1(O)CCOC1=O.CC(C)(C)C#CC1(O)CCc2cccnc21.CN1CC(F)(F)C(O)(C#CC(C)(C)C)C1=O.CN1CC(F)C(O)(C#CC(C)(C)C)C1=O.CN1CC(O)C(O)(C#CC(C)(C)C)C1=O.CN1CCC(O)(C#CC(C)(C)C)C1=O.Cc1cnc(C(C)(O)C#CC(C)(C)C)o1. The number of oxazole rings is 1. The minimum Gasteiger partial charge on any atom is -0.463 e. The van der Waals surface area contributed by atoms with Gasteiger partial charge in [-0.05, 0) is 251 Å². The number of hydrogen-bond acceptors (Lipinski definition) is 22. The number of halogens is 3. The highest BCUT2D eigenvalue weighted by Gasteiger charge is 2.65. The Morgan fingerprint density at radius 2 is 0.885 bits per heavy atom. The van der Waals surface area contributed by atoms with Crippen LogP contribution in [0.4, 0.5) is 13.2 Å². The quantitative estimate of drug-likeness (QED) is 0.0986. The number of β-amino-alcohol motifs (C(OH)–C–C–N with tert-alkyl or cyclic N) is 1. The Bertz CT molecular complexity index is 4980. The largest absolute Gasteiger partial charge is 0.463 e. The van der Waals surface area contributed by atoms with Crippen LogP contribution in [-0.2, 0) is 51.1 Å². The van der Waals surface area contributed by atoms with Gasteiger partial charge in [0.25, 0.3) is 29.2 Å². The summed E-state index contributed by atoms with van der Waals surface area (Å²) in [6.07, 6.45) is 6.22. The number of pyridine rings is 1. The number of nitrogens with zero attached hydrogens (tertiary/aromatic N) is 8. The lowest BCUT2D eigenvalue weighted by Gasteiger charge is -2.20. The molecule has 4 amide bonds. The van der Waals surface area contributed by atoms with Gasteiger partial charge in [-0.3, -0.25) is 29.0 Å². The van der Waals surface area contributed by atoms with Crippen LogP contribution in [0.15, 0.2) is 50.9 Å². The molecule has 26 nitrogen and oxygen atoms in total. The molecule has 2 aromatic heterocycles. The van der Waals surface area contributed by atoms with Gasteiger partial charge in [0.2, 0.25) is 28.3 Å². The minimum absolute atomic E-state index is 0.0900. The fraction of sp³-hybridized carbons (Fsp3) is 0.667. The Kier molecular flexibility index (Phi) is 39.3. The zero-order chi connectivity index (χ0) is 102. The number of aliphatic hydroxyl groups is 10. The monoisotopic (exact) mass is 1830 g/mol. The first-order chi connectivity index (χ1) is 58.7. The van der Waals surface area contributed by atoms with Crippen LogP contribution in [0.1, 0.15) is 262 Å². The number of rotatable bonds is 2. The smallest absolute Gasteiger partial charge is 0.351 e. The lowest BCUT2D eigenvalue weighted by atomic mass is 9.93. The molecule has 0 bridgehead atoms. The van der Waals surface area contributed by atoms with Crippen LogP contribution in [0.2, 0.25) is 0 Å². The number of aromatic nitrogens is 2. The molecule has 2 aromatic rings. The van der Waals surface area contributed by atoms with Crippen molar-refractivity contribution in [3.8, 4) is 107 Å². The molecule has 1 saturated carbocycles. The summed E-state index contributed by atoms with van der Waals surface area (Å²) in [5.41, 5.74) is -14.5. The van der Waals surface area contributed by atoms with E-state index >= 15 is 0 Å². The maximum Gasteiger partial charge on any atom is 0.351 e. The summed E-state index contributed by atoms with van der Waals surface area (Å²) in [4.78, 5) is 81.3. The Morgan fingerprint density at radius 3 is 1.25 bits per heavy atom. The molecule has 11 unspecified atom stereocenters. The molecule has 29 heteroatoms. The maximum atomic E-state index is 13.5. The van der Waals surface area contributed by atoms with Crippen LogP contribution in [0.3, 0.4) is 0 Å². The van der Waals surface area contributed by atoms with Crippen molar-refractivity contribution >= 4 is 35.4 Å². The van der Waals surface area contributed by atoms with Crippen molar-refractivity contribution in [1.29, 1.82) is 0 Å². The van der Waals surface area contributed by atoms with E-state index in [0.29, 0.717) is 50.2 Å². The molecule has 6 fully saturated rings. The Morgan fingerprint density at radius 1 is 0.458 bits per heavy atom. The third-order valence-electron chi connectivity index (χ3n) is 18.7. The number of likely N-dealkylation sites (N-methyl/N-ethyl adjacent to an activating group) is 4. The second-order valence-electron chi connectivity index (χ2n) is 43.5. The number of fused-ring (bicyclic) bond motifs is 1. The normalized spacial score (nSPS) is 26.0. The topological polar surface area (TPSA) is 391 Å². The molecular formula is C102H145F3N8O18.